The smallest absolute Gasteiger partial charge is 0.272 e. The third-order valence-corrected chi connectivity index (χ3v) is 11.3. The molecule has 0 amide bonds. The van der Waals surface area contributed by atoms with E-state index >= 15 is 4.39 Å². The maximum Gasteiger partial charge on any atom is 0.272 e. The first-order valence-electron chi connectivity index (χ1n) is 12.7. The van der Waals surface area contributed by atoms with Crippen LogP contribution in [0.15, 0.2) is 45.5 Å². The zero-order valence-corrected chi connectivity index (χ0v) is 25.9. The van der Waals surface area contributed by atoms with Crippen molar-refractivity contribution >= 4 is 20.7 Å². The minimum Gasteiger partial charge on any atom is -0.484 e. The van der Waals surface area contributed by atoms with Crippen LogP contribution in [0.5, 0.6) is 5.75 Å². The number of hydrogen-bond acceptors (Lipinski definition) is 9. The van der Waals surface area contributed by atoms with Crippen LogP contribution < -0.4 is 9.46 Å². The molecular weight excluding hydrogens is 593 g/mol. The van der Waals surface area contributed by atoms with Gasteiger partial charge in [-0.2, -0.15) is 5.26 Å². The summed E-state index contributed by atoms with van der Waals surface area (Å²) < 4.78 is 82.8. The van der Waals surface area contributed by atoms with E-state index in [1.54, 1.807) is 27.7 Å². The van der Waals surface area contributed by atoms with Crippen LogP contribution in [-0.2, 0) is 26.3 Å². The summed E-state index contributed by atoms with van der Waals surface area (Å²) in [5.74, 6) is -0.596. The lowest BCUT2D eigenvalue weighted by molar-refractivity contribution is 0.0815. The van der Waals surface area contributed by atoms with Gasteiger partial charge < -0.3 is 9.26 Å². The number of halogens is 3. The number of benzene rings is 1. The standard InChI is InChI=1S/C27H33F3N6O4S2/c1-25(2,3)41(37)36-27(6,16-42(38,32-7)26(4,5)15-31)19-10-17(8-9-20(19)28)22-11-21(35-40-22)24-33-12-18(13-34-24)39-14-23(29)30/h8-13,23,36H,14,16H2,1-7H3/t27-,41+,42?/m0/s1. The number of nitrogens with one attached hydrogen (secondary N) is 1. The van der Waals surface area contributed by atoms with Gasteiger partial charge in [0.15, 0.2) is 23.0 Å². The Hall–Kier alpha value is -3.35. The Balaban J connectivity index is 2.06. The largest absolute Gasteiger partial charge is 0.484 e. The molecule has 1 N–H and O–H groups in total. The number of nitriles is 1. The maximum atomic E-state index is 15.6. The second-order valence-electron chi connectivity index (χ2n) is 11.1. The van der Waals surface area contributed by atoms with Gasteiger partial charge in [0.05, 0.1) is 55.2 Å². The highest BCUT2D eigenvalue weighted by atomic mass is 32.2. The van der Waals surface area contributed by atoms with Crippen molar-refractivity contribution in [3.05, 3.63) is 48.0 Å². The first-order chi connectivity index (χ1) is 19.4. The SMILES string of the molecule is CN=S(=O)(C[C@](C)(N[S@](=O)C(C)(C)C)c1cc(-c2cc(-c3ncc(OCC(F)F)cn3)no2)ccc1F)C(C)(C)C#N. The summed E-state index contributed by atoms with van der Waals surface area (Å²) in [6.07, 6.45) is -0.198. The number of alkyl halides is 2. The van der Waals surface area contributed by atoms with Gasteiger partial charge in [-0.25, -0.2) is 40.6 Å². The van der Waals surface area contributed by atoms with E-state index in [-0.39, 0.29) is 34.3 Å². The normalized spacial score (nSPS) is 15.9. The zero-order chi connectivity index (χ0) is 31.5. The molecule has 0 bridgehead atoms. The minimum absolute atomic E-state index is 0.0254. The average Bonchev–Trinajstić information content (AvgIpc) is 3.42. The van der Waals surface area contributed by atoms with Gasteiger partial charge in [-0.1, -0.05) is 5.16 Å². The minimum atomic E-state index is -3.29. The molecule has 1 unspecified atom stereocenters. The molecule has 1 aromatic carbocycles. The van der Waals surface area contributed by atoms with Gasteiger partial charge >= 0.3 is 0 Å². The first kappa shape index (κ1) is 33.2. The summed E-state index contributed by atoms with van der Waals surface area (Å²) in [5, 5.41) is 13.7. The molecule has 3 rings (SSSR count). The number of nitrogens with zero attached hydrogens (tertiary/aromatic N) is 5. The predicted molar refractivity (Wildman–Crippen MR) is 154 cm³/mol. The summed E-state index contributed by atoms with van der Waals surface area (Å²) in [5.41, 5.74) is -0.883. The van der Waals surface area contributed by atoms with E-state index in [1.165, 1.54) is 57.6 Å². The van der Waals surface area contributed by atoms with Crippen molar-refractivity contribution < 1.29 is 30.8 Å². The molecule has 228 valence electrons. The van der Waals surface area contributed by atoms with Crippen molar-refractivity contribution in [2.45, 2.75) is 63.0 Å². The lowest BCUT2D eigenvalue weighted by Crippen LogP contribution is -2.52. The van der Waals surface area contributed by atoms with Crippen molar-refractivity contribution in [3.8, 4) is 34.7 Å². The van der Waals surface area contributed by atoms with Gasteiger partial charge in [0.1, 0.15) is 17.2 Å². The Morgan fingerprint density at radius 1 is 1.17 bits per heavy atom. The molecule has 0 fully saturated rings. The lowest BCUT2D eigenvalue weighted by Gasteiger charge is -2.37. The van der Waals surface area contributed by atoms with Gasteiger partial charge in [-0.05, 0) is 59.7 Å². The van der Waals surface area contributed by atoms with E-state index in [1.807, 2.05) is 6.07 Å². The fourth-order valence-corrected chi connectivity index (χ4v) is 6.84. The summed E-state index contributed by atoms with van der Waals surface area (Å²) >= 11 is 0. The topological polar surface area (TPSA) is 143 Å². The fraction of sp³-hybridized carbons (Fsp3) is 0.481. The van der Waals surface area contributed by atoms with E-state index < -0.39 is 54.6 Å². The molecule has 15 heteroatoms. The number of aromatic nitrogens is 3. The van der Waals surface area contributed by atoms with Crippen molar-refractivity contribution in [2.75, 3.05) is 19.4 Å². The number of rotatable bonds is 11. The van der Waals surface area contributed by atoms with Gasteiger partial charge in [0.2, 0.25) is 0 Å². The Morgan fingerprint density at radius 2 is 1.81 bits per heavy atom. The first-order valence-corrected chi connectivity index (χ1v) is 15.5. The Bertz CT molecular complexity index is 1610. The van der Waals surface area contributed by atoms with E-state index in [0.717, 1.165) is 0 Å². The lowest BCUT2D eigenvalue weighted by atomic mass is 9.92. The summed E-state index contributed by atoms with van der Waals surface area (Å²) in [7, 11) is -3.69. The predicted octanol–water partition coefficient (Wildman–Crippen LogP) is 5.25. The quantitative estimate of drug-likeness (QED) is 0.304. The summed E-state index contributed by atoms with van der Waals surface area (Å²) in [6.45, 7) is 8.96. The monoisotopic (exact) mass is 626 g/mol. The highest BCUT2D eigenvalue weighted by Crippen LogP contribution is 2.35. The summed E-state index contributed by atoms with van der Waals surface area (Å²) in [6, 6.07) is 7.65. The number of hydrogen-bond donors (Lipinski definition) is 1. The molecule has 0 saturated carbocycles. The van der Waals surface area contributed by atoms with Crippen molar-refractivity contribution in [3.63, 3.8) is 0 Å². The molecule has 0 aliphatic rings. The van der Waals surface area contributed by atoms with Crippen LogP contribution in [0, 0.1) is 17.1 Å². The van der Waals surface area contributed by atoms with Crippen LogP contribution in [0.25, 0.3) is 22.8 Å². The molecule has 0 spiro atoms. The second-order valence-corrected chi connectivity index (χ2v) is 16.0. The molecule has 42 heavy (non-hydrogen) atoms. The molecule has 0 aliphatic heterocycles. The van der Waals surface area contributed by atoms with Gasteiger partial charge in [-0.3, -0.25) is 0 Å². The van der Waals surface area contributed by atoms with Gasteiger partial charge in [-0.15, -0.1) is 0 Å². The van der Waals surface area contributed by atoms with Crippen LogP contribution in [0.2, 0.25) is 0 Å². The molecule has 0 radical (unpaired) electrons. The van der Waals surface area contributed by atoms with Crippen molar-refractivity contribution in [1.82, 2.24) is 19.8 Å². The Labute approximate surface area is 245 Å². The van der Waals surface area contributed by atoms with E-state index in [0.29, 0.717) is 5.56 Å². The molecule has 10 nitrogen and oxygen atoms in total. The third kappa shape index (κ3) is 7.34. The fourth-order valence-electron chi connectivity index (χ4n) is 3.76. The second kappa shape index (κ2) is 12.5. The van der Waals surface area contributed by atoms with E-state index in [9.17, 15) is 22.5 Å². The molecule has 0 aliphatic carbocycles. The molecule has 2 heterocycles. The zero-order valence-electron chi connectivity index (χ0n) is 24.3. The van der Waals surface area contributed by atoms with Crippen LogP contribution in [0.1, 0.15) is 47.1 Å². The summed E-state index contributed by atoms with van der Waals surface area (Å²) in [4.78, 5) is 8.13. The van der Waals surface area contributed by atoms with Crippen LogP contribution in [0.3, 0.4) is 0 Å². The van der Waals surface area contributed by atoms with E-state index in [4.69, 9.17) is 9.26 Å². The Morgan fingerprint density at radius 3 is 2.36 bits per heavy atom. The third-order valence-electron chi connectivity index (χ3n) is 6.31. The highest BCUT2D eigenvalue weighted by Gasteiger charge is 2.43. The molecule has 3 aromatic rings. The van der Waals surface area contributed by atoms with Crippen LogP contribution in [-0.4, -0.2) is 58.9 Å². The van der Waals surface area contributed by atoms with Crippen LogP contribution >= 0.6 is 0 Å². The molecule has 3 atom stereocenters. The van der Waals surface area contributed by atoms with Gasteiger partial charge in [0.25, 0.3) is 6.43 Å². The van der Waals surface area contributed by atoms with Gasteiger partial charge in [0, 0.05) is 24.2 Å². The molecule has 2 aromatic heterocycles. The van der Waals surface area contributed by atoms with E-state index in [2.05, 4.69) is 24.2 Å². The van der Waals surface area contributed by atoms with Crippen molar-refractivity contribution in [2.24, 2.45) is 4.36 Å². The molecular formula is C27H33F3N6O4S2. The van der Waals surface area contributed by atoms with Crippen molar-refractivity contribution in [1.29, 1.82) is 5.26 Å². The van der Waals surface area contributed by atoms with Crippen LogP contribution in [0.4, 0.5) is 13.2 Å². The highest BCUT2D eigenvalue weighted by molar-refractivity contribution is 7.95. The average molecular weight is 627 g/mol. The Kier molecular flexibility index (Phi) is 9.85. The molecule has 0 saturated heterocycles. The maximum absolute atomic E-state index is 15.6. The number of ether oxygens (including phenoxy) is 1.